The van der Waals surface area contributed by atoms with Crippen molar-refractivity contribution in [2.24, 2.45) is 0 Å². The number of amides is 1. The van der Waals surface area contributed by atoms with Crippen LogP contribution in [0.3, 0.4) is 0 Å². The van der Waals surface area contributed by atoms with Crippen LogP contribution in [-0.2, 0) is 14.8 Å². The summed E-state index contributed by atoms with van der Waals surface area (Å²) in [6.45, 7) is 1.04. The average Bonchev–Trinajstić information content (AvgIpc) is 2.51. The third-order valence-electron chi connectivity index (χ3n) is 3.63. The van der Waals surface area contributed by atoms with Crippen LogP contribution in [0.25, 0.3) is 6.08 Å². The highest BCUT2D eigenvalue weighted by atomic mass is 32.2. The van der Waals surface area contributed by atoms with Crippen molar-refractivity contribution >= 4 is 22.0 Å². The van der Waals surface area contributed by atoms with Crippen molar-refractivity contribution < 1.29 is 17.9 Å². The monoisotopic (exact) mass is 338 g/mol. The summed E-state index contributed by atoms with van der Waals surface area (Å²) in [6.07, 6.45) is 5.91. The molecule has 0 spiro atoms. The van der Waals surface area contributed by atoms with Crippen molar-refractivity contribution in [2.45, 2.75) is 18.9 Å². The fourth-order valence-electron chi connectivity index (χ4n) is 2.59. The van der Waals surface area contributed by atoms with Crippen LogP contribution in [0.2, 0.25) is 0 Å². The predicted molar refractivity (Wildman–Crippen MR) is 89.6 cm³/mol. The lowest BCUT2D eigenvalue weighted by Gasteiger charge is -2.32. The molecule has 6 nitrogen and oxygen atoms in total. The molecule has 0 radical (unpaired) electrons. The summed E-state index contributed by atoms with van der Waals surface area (Å²) in [5, 5.41) is 0. The van der Waals surface area contributed by atoms with E-state index >= 15 is 0 Å². The number of likely N-dealkylation sites (tertiary alicyclic amines) is 1. The van der Waals surface area contributed by atoms with Gasteiger partial charge in [-0.15, -0.1) is 0 Å². The summed E-state index contributed by atoms with van der Waals surface area (Å²) >= 11 is 0. The molecule has 2 rings (SSSR count). The maximum Gasteiger partial charge on any atom is 0.246 e. The maximum atomic E-state index is 12.3. The highest BCUT2D eigenvalue weighted by Gasteiger charge is 2.24. The fraction of sp³-hybridized carbons (Fsp3) is 0.438. The number of sulfonamides is 1. The van der Waals surface area contributed by atoms with Gasteiger partial charge in [0.05, 0.1) is 13.4 Å². The van der Waals surface area contributed by atoms with Crippen LogP contribution in [0, 0.1) is 0 Å². The van der Waals surface area contributed by atoms with Gasteiger partial charge in [-0.3, -0.25) is 4.79 Å². The van der Waals surface area contributed by atoms with Gasteiger partial charge in [-0.05, 0) is 36.6 Å². The lowest BCUT2D eigenvalue weighted by molar-refractivity contribution is -0.127. The SMILES string of the molecule is COc1cccc(/C=C/C(=O)N2CCCC(NS(C)(=O)=O)C2)c1. The molecule has 0 saturated carbocycles. The Morgan fingerprint density at radius 2 is 2.22 bits per heavy atom. The van der Waals surface area contributed by atoms with Gasteiger partial charge in [-0.1, -0.05) is 12.1 Å². The van der Waals surface area contributed by atoms with Crippen molar-refractivity contribution in [3.05, 3.63) is 35.9 Å². The van der Waals surface area contributed by atoms with Gasteiger partial charge in [-0.2, -0.15) is 0 Å². The van der Waals surface area contributed by atoms with Crippen LogP contribution in [0.4, 0.5) is 0 Å². The first kappa shape index (κ1) is 17.5. The first-order chi connectivity index (χ1) is 10.9. The van der Waals surface area contributed by atoms with E-state index in [1.165, 1.54) is 6.08 Å². The smallest absolute Gasteiger partial charge is 0.246 e. The minimum absolute atomic E-state index is 0.118. The van der Waals surface area contributed by atoms with E-state index in [1.54, 1.807) is 18.1 Å². The number of piperidine rings is 1. The lowest BCUT2D eigenvalue weighted by Crippen LogP contribution is -2.48. The van der Waals surface area contributed by atoms with Gasteiger partial charge in [0.15, 0.2) is 0 Å². The third kappa shape index (κ3) is 5.69. The van der Waals surface area contributed by atoms with E-state index in [-0.39, 0.29) is 11.9 Å². The van der Waals surface area contributed by atoms with Crippen LogP contribution in [0.1, 0.15) is 18.4 Å². The van der Waals surface area contributed by atoms with Crippen LogP contribution in [0.5, 0.6) is 5.75 Å². The first-order valence-corrected chi connectivity index (χ1v) is 9.35. The van der Waals surface area contributed by atoms with Crippen molar-refractivity contribution in [1.82, 2.24) is 9.62 Å². The Kier molecular flexibility index (Phi) is 5.79. The molecule has 1 fully saturated rings. The maximum absolute atomic E-state index is 12.3. The number of hydrogen-bond donors (Lipinski definition) is 1. The minimum atomic E-state index is -3.26. The molecule has 0 aliphatic carbocycles. The van der Waals surface area contributed by atoms with Crippen molar-refractivity contribution in [1.29, 1.82) is 0 Å². The number of carbonyl (C=O) groups is 1. The van der Waals surface area contributed by atoms with Crippen molar-refractivity contribution in [3.8, 4) is 5.75 Å². The number of hydrogen-bond acceptors (Lipinski definition) is 4. The van der Waals surface area contributed by atoms with E-state index in [0.29, 0.717) is 13.1 Å². The number of rotatable bonds is 5. The number of ether oxygens (including phenoxy) is 1. The van der Waals surface area contributed by atoms with E-state index in [4.69, 9.17) is 4.74 Å². The van der Waals surface area contributed by atoms with E-state index in [0.717, 1.165) is 30.4 Å². The van der Waals surface area contributed by atoms with Gasteiger partial charge in [0, 0.05) is 25.2 Å². The molecule has 0 bridgehead atoms. The zero-order chi connectivity index (χ0) is 16.9. The van der Waals surface area contributed by atoms with E-state index in [2.05, 4.69) is 4.72 Å². The van der Waals surface area contributed by atoms with E-state index in [9.17, 15) is 13.2 Å². The standard InChI is InChI=1S/C16H22N2O4S/c1-22-15-7-3-5-13(11-15)8-9-16(19)18-10-4-6-14(12-18)17-23(2,20)21/h3,5,7-9,11,14,17H,4,6,10,12H2,1-2H3/b9-8+. The highest BCUT2D eigenvalue weighted by Crippen LogP contribution is 2.15. The van der Waals surface area contributed by atoms with Gasteiger partial charge >= 0.3 is 0 Å². The molecule has 1 aliphatic rings. The molecule has 7 heteroatoms. The van der Waals surface area contributed by atoms with E-state index in [1.807, 2.05) is 24.3 Å². The van der Waals surface area contributed by atoms with Crippen LogP contribution in [-0.4, -0.2) is 51.7 Å². The average molecular weight is 338 g/mol. The lowest BCUT2D eigenvalue weighted by atomic mass is 10.1. The van der Waals surface area contributed by atoms with Gasteiger partial charge in [0.1, 0.15) is 5.75 Å². The normalized spacial score (nSPS) is 19.0. The molecule has 1 aromatic carbocycles. The molecule has 1 atom stereocenters. The molecule has 1 heterocycles. The molecule has 126 valence electrons. The fourth-order valence-corrected chi connectivity index (χ4v) is 3.39. The Labute approximate surface area is 137 Å². The highest BCUT2D eigenvalue weighted by molar-refractivity contribution is 7.88. The largest absolute Gasteiger partial charge is 0.497 e. The van der Waals surface area contributed by atoms with Crippen LogP contribution < -0.4 is 9.46 Å². The molecule has 1 amide bonds. The molecule has 1 saturated heterocycles. The predicted octanol–water partition coefficient (Wildman–Crippen LogP) is 1.25. The van der Waals surface area contributed by atoms with Crippen molar-refractivity contribution in [3.63, 3.8) is 0 Å². The van der Waals surface area contributed by atoms with Crippen LogP contribution >= 0.6 is 0 Å². The zero-order valence-corrected chi connectivity index (χ0v) is 14.2. The molecular weight excluding hydrogens is 316 g/mol. The number of carbonyl (C=O) groups excluding carboxylic acids is 1. The van der Waals surface area contributed by atoms with Gasteiger partial charge < -0.3 is 9.64 Å². The summed E-state index contributed by atoms with van der Waals surface area (Å²) in [6, 6.07) is 7.21. The number of benzene rings is 1. The van der Waals surface area contributed by atoms with E-state index < -0.39 is 10.0 Å². The Hall–Kier alpha value is -1.86. The van der Waals surface area contributed by atoms with Crippen LogP contribution in [0.15, 0.2) is 30.3 Å². The number of nitrogens with one attached hydrogen (secondary N) is 1. The van der Waals surface area contributed by atoms with Gasteiger partial charge in [0.2, 0.25) is 15.9 Å². The number of methoxy groups -OCH3 is 1. The Morgan fingerprint density at radius 3 is 2.91 bits per heavy atom. The second kappa shape index (κ2) is 7.61. The zero-order valence-electron chi connectivity index (χ0n) is 13.4. The van der Waals surface area contributed by atoms with Gasteiger partial charge in [-0.25, -0.2) is 13.1 Å². The second-order valence-corrected chi connectivity index (χ2v) is 7.40. The molecule has 0 aromatic heterocycles. The molecule has 1 aliphatic heterocycles. The molecule has 23 heavy (non-hydrogen) atoms. The quantitative estimate of drug-likeness (QED) is 0.820. The first-order valence-electron chi connectivity index (χ1n) is 7.46. The Morgan fingerprint density at radius 1 is 1.43 bits per heavy atom. The Bertz CT molecular complexity index is 685. The van der Waals surface area contributed by atoms with Crippen molar-refractivity contribution in [2.75, 3.05) is 26.5 Å². The minimum Gasteiger partial charge on any atom is -0.497 e. The molecule has 1 N–H and O–H groups in total. The molecule has 1 unspecified atom stereocenters. The molecular formula is C16H22N2O4S. The third-order valence-corrected chi connectivity index (χ3v) is 4.39. The summed E-state index contributed by atoms with van der Waals surface area (Å²) < 4.78 is 30.3. The summed E-state index contributed by atoms with van der Waals surface area (Å²) in [5.74, 6) is 0.614. The summed E-state index contributed by atoms with van der Waals surface area (Å²) in [4.78, 5) is 13.9. The second-order valence-electron chi connectivity index (χ2n) is 5.62. The van der Waals surface area contributed by atoms with Gasteiger partial charge in [0.25, 0.3) is 0 Å². The summed E-state index contributed by atoms with van der Waals surface area (Å²) in [5.41, 5.74) is 0.875. The molecule has 1 aromatic rings. The Balaban J connectivity index is 1.98. The number of nitrogens with zero attached hydrogens (tertiary/aromatic N) is 1. The topological polar surface area (TPSA) is 75.7 Å². The summed E-state index contributed by atoms with van der Waals surface area (Å²) in [7, 11) is -1.66.